The predicted octanol–water partition coefficient (Wildman–Crippen LogP) is 0.596. The molecule has 0 aliphatic heterocycles. The number of aromatic hydroxyl groups is 2. The van der Waals surface area contributed by atoms with Gasteiger partial charge in [0.05, 0.1) is 16.0 Å². The topological polar surface area (TPSA) is 186 Å². The van der Waals surface area contributed by atoms with Crippen LogP contribution in [0.4, 0.5) is 17.1 Å². The van der Waals surface area contributed by atoms with E-state index in [1.807, 2.05) is 6.92 Å². The molecule has 0 atom stereocenters. The van der Waals surface area contributed by atoms with Gasteiger partial charge in [-0.15, -0.1) is 5.11 Å². The van der Waals surface area contributed by atoms with Crippen LogP contribution in [-0.4, -0.2) is 42.7 Å². The molecule has 5 N–H and O–H groups in total. The molecule has 164 valence electrons. The quantitative estimate of drug-likeness (QED) is 0.187. The molecule has 11 nitrogen and oxygen atoms in total. The molecule has 0 amide bonds. The number of nitrogens with one attached hydrogen (secondary N) is 1. The van der Waals surface area contributed by atoms with Gasteiger partial charge in [0.1, 0.15) is 16.3 Å². The van der Waals surface area contributed by atoms with E-state index >= 15 is 0 Å². The number of hydrogen-bond donors (Lipinski definition) is 5. The van der Waals surface area contributed by atoms with Gasteiger partial charge in [0.25, 0.3) is 20.2 Å². The Morgan fingerprint density at radius 2 is 1.53 bits per heavy atom. The average Bonchev–Trinajstić information content (AvgIpc) is 2.66. The van der Waals surface area contributed by atoms with Crippen molar-refractivity contribution in [1.29, 1.82) is 0 Å². The summed E-state index contributed by atoms with van der Waals surface area (Å²) in [6.45, 7) is 2.62. The number of phenols is 2. The van der Waals surface area contributed by atoms with Crippen LogP contribution in [-0.2, 0) is 20.2 Å². The van der Waals surface area contributed by atoms with E-state index in [-0.39, 0.29) is 40.3 Å². The summed E-state index contributed by atoms with van der Waals surface area (Å²) in [5.41, 5.74) is 0.447. The number of nitrogens with zero attached hydrogens (tertiary/aromatic N) is 2. The maximum atomic E-state index is 11.8. The van der Waals surface area contributed by atoms with Crippen LogP contribution in [0.25, 0.3) is 10.8 Å². The fourth-order valence-corrected chi connectivity index (χ4v) is 4.03. The SMILES string of the molecule is CCNc1ccc(N=Nc2c(S(=O)(=O)O)cc3cc(S(=O)(=O)O)cc(O)c3c2O)cc1.[Na+]. The molecule has 32 heavy (non-hydrogen) atoms. The second-order valence-corrected chi connectivity index (χ2v) is 9.15. The first-order valence-electron chi connectivity index (χ1n) is 8.65. The molecule has 0 radical (unpaired) electrons. The summed E-state index contributed by atoms with van der Waals surface area (Å²) in [6.07, 6.45) is 0. The van der Waals surface area contributed by atoms with E-state index in [0.29, 0.717) is 18.3 Å². The van der Waals surface area contributed by atoms with Gasteiger partial charge in [0, 0.05) is 18.3 Å². The van der Waals surface area contributed by atoms with Crippen molar-refractivity contribution in [3.63, 3.8) is 0 Å². The van der Waals surface area contributed by atoms with E-state index < -0.39 is 47.2 Å². The van der Waals surface area contributed by atoms with Crippen molar-refractivity contribution in [2.45, 2.75) is 16.7 Å². The fourth-order valence-electron chi connectivity index (χ4n) is 2.84. The molecule has 0 unspecified atom stereocenters. The molecular formula is C18H17N3NaO8S2+. The van der Waals surface area contributed by atoms with E-state index in [9.17, 15) is 36.2 Å². The van der Waals surface area contributed by atoms with Crippen LogP contribution in [0.2, 0.25) is 0 Å². The molecule has 0 heterocycles. The van der Waals surface area contributed by atoms with E-state index in [2.05, 4.69) is 15.5 Å². The van der Waals surface area contributed by atoms with Gasteiger partial charge in [0.15, 0.2) is 5.75 Å². The number of fused-ring (bicyclic) bond motifs is 1. The van der Waals surface area contributed by atoms with Gasteiger partial charge in [-0.2, -0.15) is 21.9 Å². The van der Waals surface area contributed by atoms with Gasteiger partial charge >= 0.3 is 29.6 Å². The van der Waals surface area contributed by atoms with Crippen LogP contribution in [0.15, 0.2) is 62.5 Å². The van der Waals surface area contributed by atoms with Gasteiger partial charge in [0.2, 0.25) is 0 Å². The van der Waals surface area contributed by atoms with E-state index in [1.165, 1.54) is 0 Å². The summed E-state index contributed by atoms with van der Waals surface area (Å²) in [4.78, 5) is -1.62. The number of rotatable bonds is 6. The van der Waals surface area contributed by atoms with Crippen molar-refractivity contribution in [2.24, 2.45) is 10.2 Å². The molecule has 0 saturated carbocycles. The Morgan fingerprint density at radius 1 is 0.906 bits per heavy atom. The standard InChI is InChI=1S/C18H17N3O8S2.Na/c1-2-19-11-3-5-12(6-4-11)20-21-17-15(31(27,28)29)8-10-7-13(30(24,25)26)9-14(22)16(10)18(17)23;/h3-9,19,22-23H,2H2,1H3,(H,24,25,26)(H,27,28,29);/q;+1. The smallest absolute Gasteiger partial charge is 0.507 e. The molecule has 14 heteroatoms. The Labute approximate surface area is 205 Å². The van der Waals surface area contributed by atoms with Crippen LogP contribution in [0.5, 0.6) is 11.5 Å². The third kappa shape index (κ3) is 5.56. The van der Waals surface area contributed by atoms with Gasteiger partial charge in [-0.05, 0) is 48.7 Å². The third-order valence-electron chi connectivity index (χ3n) is 4.19. The van der Waals surface area contributed by atoms with Crippen molar-refractivity contribution < 1.29 is 65.7 Å². The van der Waals surface area contributed by atoms with Crippen LogP contribution >= 0.6 is 0 Å². The van der Waals surface area contributed by atoms with Crippen LogP contribution < -0.4 is 34.9 Å². The molecule has 0 aliphatic rings. The largest absolute Gasteiger partial charge is 1.00 e. The zero-order valence-corrected chi connectivity index (χ0v) is 20.5. The Balaban J connectivity index is 0.00000363. The Hall–Kier alpha value is -2.26. The van der Waals surface area contributed by atoms with Crippen molar-refractivity contribution in [3.05, 3.63) is 42.5 Å². The van der Waals surface area contributed by atoms with Gasteiger partial charge in [-0.25, -0.2) is 0 Å². The number of benzene rings is 3. The molecule has 0 spiro atoms. The summed E-state index contributed by atoms with van der Waals surface area (Å²) in [5.74, 6) is -1.63. The Kier molecular flexibility index (Phi) is 7.88. The number of hydrogen-bond acceptors (Lipinski definition) is 9. The minimum atomic E-state index is -4.94. The van der Waals surface area contributed by atoms with Crippen molar-refractivity contribution in [2.75, 3.05) is 11.9 Å². The minimum Gasteiger partial charge on any atom is -0.507 e. The van der Waals surface area contributed by atoms with E-state index in [4.69, 9.17) is 0 Å². The zero-order chi connectivity index (χ0) is 23.0. The van der Waals surface area contributed by atoms with Gasteiger partial charge in [-0.1, -0.05) is 0 Å². The summed E-state index contributed by atoms with van der Waals surface area (Å²) >= 11 is 0. The normalized spacial score (nSPS) is 12.1. The monoisotopic (exact) mass is 490 g/mol. The summed E-state index contributed by atoms with van der Waals surface area (Å²) in [5, 5.41) is 30.7. The van der Waals surface area contributed by atoms with Gasteiger partial charge in [-0.3, -0.25) is 9.11 Å². The van der Waals surface area contributed by atoms with Crippen molar-refractivity contribution in [3.8, 4) is 11.5 Å². The average molecular weight is 490 g/mol. The number of phenolic OH excluding ortho intramolecular Hbond substituents is 2. The summed E-state index contributed by atoms with van der Waals surface area (Å²) < 4.78 is 65.2. The molecular weight excluding hydrogens is 473 g/mol. The molecule has 0 saturated heterocycles. The predicted molar refractivity (Wildman–Crippen MR) is 112 cm³/mol. The first kappa shape index (κ1) is 26.0. The minimum absolute atomic E-state index is 0. The molecule has 3 aromatic carbocycles. The Bertz CT molecular complexity index is 1410. The zero-order valence-electron chi connectivity index (χ0n) is 16.9. The number of azo groups is 1. The van der Waals surface area contributed by atoms with E-state index in [0.717, 1.165) is 17.8 Å². The molecule has 0 fully saturated rings. The molecule has 0 aliphatic carbocycles. The summed E-state index contributed by atoms with van der Waals surface area (Å²) in [6, 6.07) is 8.82. The van der Waals surface area contributed by atoms with Crippen LogP contribution in [0.1, 0.15) is 6.92 Å². The Morgan fingerprint density at radius 3 is 2.06 bits per heavy atom. The molecule has 3 rings (SSSR count). The molecule has 0 bridgehead atoms. The van der Waals surface area contributed by atoms with Crippen molar-refractivity contribution in [1.82, 2.24) is 0 Å². The van der Waals surface area contributed by atoms with Crippen LogP contribution in [0.3, 0.4) is 0 Å². The fraction of sp³-hybridized carbons (Fsp3) is 0.111. The maximum Gasteiger partial charge on any atom is 1.00 e. The van der Waals surface area contributed by atoms with Crippen LogP contribution in [0, 0.1) is 0 Å². The number of anilines is 1. The second-order valence-electron chi connectivity index (χ2n) is 6.34. The molecule has 0 aromatic heterocycles. The third-order valence-corrected chi connectivity index (χ3v) is 5.89. The first-order valence-corrected chi connectivity index (χ1v) is 11.5. The summed E-state index contributed by atoms with van der Waals surface area (Å²) in [7, 11) is -9.69. The first-order chi connectivity index (χ1) is 14.4. The van der Waals surface area contributed by atoms with Gasteiger partial charge < -0.3 is 15.5 Å². The second kappa shape index (κ2) is 9.70. The van der Waals surface area contributed by atoms with E-state index in [1.54, 1.807) is 24.3 Å². The molecule has 3 aromatic rings. The maximum absolute atomic E-state index is 11.8. The van der Waals surface area contributed by atoms with Crippen molar-refractivity contribution >= 4 is 48.1 Å².